The van der Waals surface area contributed by atoms with Gasteiger partial charge in [0.05, 0.1) is 12.3 Å². The zero-order valence-corrected chi connectivity index (χ0v) is 15.0. The second-order valence-corrected chi connectivity index (χ2v) is 6.26. The molecular weight excluding hydrogens is 286 g/mol. The molecule has 0 aliphatic heterocycles. The van der Waals surface area contributed by atoms with Gasteiger partial charge in [0.1, 0.15) is 5.75 Å². The molecule has 1 unspecified atom stereocenters. The van der Waals surface area contributed by atoms with E-state index in [2.05, 4.69) is 62.4 Å². The van der Waals surface area contributed by atoms with Crippen LogP contribution in [-0.4, -0.2) is 21.6 Å². The lowest BCUT2D eigenvalue weighted by molar-refractivity contribution is 0.335. The van der Waals surface area contributed by atoms with E-state index in [1.54, 1.807) is 0 Å². The summed E-state index contributed by atoms with van der Waals surface area (Å²) in [7, 11) is 0. The molecule has 0 aliphatic carbocycles. The number of ether oxygens (including phenoxy) is 1. The highest BCUT2D eigenvalue weighted by Gasteiger charge is 2.16. The van der Waals surface area contributed by atoms with Crippen molar-refractivity contribution in [1.29, 1.82) is 0 Å². The number of nitrogens with zero attached hydrogens (tertiary/aromatic N) is 3. The summed E-state index contributed by atoms with van der Waals surface area (Å²) in [6.07, 6.45) is 4.08. The van der Waals surface area contributed by atoms with Crippen molar-refractivity contribution in [3.05, 3.63) is 41.2 Å². The summed E-state index contributed by atoms with van der Waals surface area (Å²) >= 11 is 0. The van der Waals surface area contributed by atoms with E-state index in [9.17, 15) is 0 Å². The lowest BCUT2D eigenvalue weighted by Crippen LogP contribution is -2.05. The number of rotatable bonds is 8. The first-order valence-corrected chi connectivity index (χ1v) is 8.74. The van der Waals surface area contributed by atoms with Crippen molar-refractivity contribution >= 4 is 0 Å². The Kier molecular flexibility index (Phi) is 6.20. The fourth-order valence-corrected chi connectivity index (χ4v) is 2.90. The van der Waals surface area contributed by atoms with Crippen LogP contribution in [0.2, 0.25) is 0 Å². The van der Waals surface area contributed by atoms with Crippen LogP contribution in [0.3, 0.4) is 0 Å². The maximum atomic E-state index is 5.78. The van der Waals surface area contributed by atoms with E-state index in [-0.39, 0.29) is 0 Å². The van der Waals surface area contributed by atoms with Crippen LogP contribution in [-0.2, 0) is 13.0 Å². The summed E-state index contributed by atoms with van der Waals surface area (Å²) in [5.74, 6) is 1.93. The van der Waals surface area contributed by atoms with Gasteiger partial charge in [0.15, 0.2) is 0 Å². The highest BCUT2D eigenvalue weighted by molar-refractivity contribution is 5.40. The van der Waals surface area contributed by atoms with E-state index in [4.69, 9.17) is 4.74 Å². The normalized spacial score (nSPS) is 12.6. The van der Waals surface area contributed by atoms with Gasteiger partial charge in [0.25, 0.3) is 0 Å². The molecule has 0 saturated carbocycles. The van der Waals surface area contributed by atoms with Crippen LogP contribution < -0.4 is 4.74 Å². The van der Waals surface area contributed by atoms with Crippen LogP contribution in [0.1, 0.15) is 69.7 Å². The molecular formula is C19H29N3O. The second-order valence-electron chi connectivity index (χ2n) is 6.26. The van der Waals surface area contributed by atoms with Crippen molar-refractivity contribution < 1.29 is 4.74 Å². The minimum atomic E-state index is 0.454. The Hall–Kier alpha value is -1.84. The van der Waals surface area contributed by atoms with Gasteiger partial charge >= 0.3 is 0 Å². The zero-order chi connectivity index (χ0) is 16.8. The summed E-state index contributed by atoms with van der Waals surface area (Å²) < 4.78 is 7.67. The van der Waals surface area contributed by atoms with E-state index in [0.29, 0.717) is 18.4 Å². The van der Waals surface area contributed by atoms with Crippen LogP contribution in [0.25, 0.3) is 0 Å². The van der Waals surface area contributed by atoms with E-state index in [1.807, 2.05) is 11.6 Å². The molecule has 126 valence electrons. The molecule has 1 atom stereocenters. The first-order chi connectivity index (χ1) is 11.1. The molecule has 0 aliphatic rings. The van der Waals surface area contributed by atoms with Crippen LogP contribution in [0.4, 0.5) is 0 Å². The Morgan fingerprint density at radius 3 is 2.52 bits per heavy atom. The molecule has 0 radical (unpaired) electrons. The molecule has 0 saturated heterocycles. The first-order valence-electron chi connectivity index (χ1n) is 8.74. The third-order valence-corrected chi connectivity index (χ3v) is 4.29. The van der Waals surface area contributed by atoms with Crippen molar-refractivity contribution in [3.8, 4) is 5.75 Å². The van der Waals surface area contributed by atoms with Gasteiger partial charge in [-0.25, -0.2) is 0 Å². The SMILES string of the molecule is CCOc1ccc(C(CC)Cc2cn(CC)nn2)cc1C(C)C. The third kappa shape index (κ3) is 4.34. The molecule has 4 nitrogen and oxygen atoms in total. The fourth-order valence-electron chi connectivity index (χ4n) is 2.90. The molecule has 0 fully saturated rings. The molecule has 4 heteroatoms. The highest BCUT2D eigenvalue weighted by Crippen LogP contribution is 2.32. The minimum Gasteiger partial charge on any atom is -0.494 e. The van der Waals surface area contributed by atoms with Crippen LogP contribution >= 0.6 is 0 Å². The molecule has 2 rings (SSSR count). The van der Waals surface area contributed by atoms with Gasteiger partial charge in [0, 0.05) is 12.7 Å². The summed E-state index contributed by atoms with van der Waals surface area (Å²) in [4.78, 5) is 0. The highest BCUT2D eigenvalue weighted by atomic mass is 16.5. The van der Waals surface area contributed by atoms with Crippen molar-refractivity contribution in [1.82, 2.24) is 15.0 Å². The summed E-state index contributed by atoms with van der Waals surface area (Å²) in [5.41, 5.74) is 3.73. The average molecular weight is 315 g/mol. The van der Waals surface area contributed by atoms with E-state index in [1.165, 1.54) is 11.1 Å². The largest absolute Gasteiger partial charge is 0.494 e. The Bertz CT molecular complexity index is 619. The fraction of sp³-hybridized carbons (Fsp3) is 0.579. The molecule has 2 aromatic rings. The van der Waals surface area contributed by atoms with E-state index < -0.39 is 0 Å². The average Bonchev–Trinajstić information content (AvgIpc) is 3.01. The second kappa shape index (κ2) is 8.14. The van der Waals surface area contributed by atoms with Crippen molar-refractivity contribution in [2.75, 3.05) is 6.61 Å². The van der Waals surface area contributed by atoms with Crippen LogP contribution in [0, 0.1) is 0 Å². The van der Waals surface area contributed by atoms with Crippen molar-refractivity contribution in [3.63, 3.8) is 0 Å². The summed E-state index contributed by atoms with van der Waals surface area (Å²) in [5, 5.41) is 8.44. The molecule has 0 spiro atoms. The Balaban J connectivity index is 2.24. The molecule has 0 bridgehead atoms. The predicted octanol–water partition coefficient (Wildman–Crippen LogP) is 4.56. The summed E-state index contributed by atoms with van der Waals surface area (Å²) in [6.45, 7) is 12.4. The number of hydrogen-bond acceptors (Lipinski definition) is 3. The number of benzene rings is 1. The first kappa shape index (κ1) is 17.5. The van der Waals surface area contributed by atoms with Gasteiger partial charge < -0.3 is 4.74 Å². The van der Waals surface area contributed by atoms with Gasteiger partial charge in [-0.1, -0.05) is 38.1 Å². The lowest BCUT2D eigenvalue weighted by Gasteiger charge is -2.19. The molecule has 1 aromatic heterocycles. The quantitative estimate of drug-likeness (QED) is 0.717. The number of hydrogen-bond donors (Lipinski definition) is 0. The predicted molar refractivity (Wildman–Crippen MR) is 94.1 cm³/mol. The Morgan fingerprint density at radius 1 is 1.17 bits per heavy atom. The molecule has 0 N–H and O–H groups in total. The third-order valence-electron chi connectivity index (χ3n) is 4.29. The maximum Gasteiger partial charge on any atom is 0.122 e. The van der Waals surface area contributed by atoms with Gasteiger partial charge in [-0.3, -0.25) is 4.68 Å². The number of aromatic nitrogens is 3. The minimum absolute atomic E-state index is 0.454. The Labute approximate surface area is 139 Å². The Morgan fingerprint density at radius 2 is 1.96 bits per heavy atom. The molecule has 23 heavy (non-hydrogen) atoms. The van der Waals surface area contributed by atoms with Crippen LogP contribution in [0.15, 0.2) is 24.4 Å². The maximum absolute atomic E-state index is 5.78. The van der Waals surface area contributed by atoms with Crippen molar-refractivity contribution in [2.45, 2.75) is 65.8 Å². The standard InChI is InChI=1S/C19H29N3O/c1-6-15(11-17-13-22(7-2)21-20-17)16-9-10-19(23-8-3)18(12-16)14(4)5/h9-10,12-15H,6-8,11H2,1-5H3. The zero-order valence-electron chi connectivity index (χ0n) is 15.0. The van der Waals surface area contributed by atoms with E-state index in [0.717, 1.165) is 30.8 Å². The van der Waals surface area contributed by atoms with Gasteiger partial charge in [-0.2, -0.15) is 0 Å². The summed E-state index contributed by atoms with van der Waals surface area (Å²) in [6, 6.07) is 6.64. The van der Waals surface area contributed by atoms with Crippen molar-refractivity contribution in [2.24, 2.45) is 0 Å². The monoisotopic (exact) mass is 315 g/mol. The smallest absolute Gasteiger partial charge is 0.122 e. The topological polar surface area (TPSA) is 39.9 Å². The lowest BCUT2D eigenvalue weighted by atomic mass is 9.89. The van der Waals surface area contributed by atoms with Crippen LogP contribution in [0.5, 0.6) is 5.75 Å². The van der Waals surface area contributed by atoms with Gasteiger partial charge in [-0.15, -0.1) is 5.10 Å². The van der Waals surface area contributed by atoms with E-state index >= 15 is 0 Å². The molecule has 0 amide bonds. The molecule has 1 heterocycles. The van der Waals surface area contributed by atoms with Gasteiger partial charge in [0.2, 0.25) is 0 Å². The molecule has 1 aromatic carbocycles. The van der Waals surface area contributed by atoms with Gasteiger partial charge in [-0.05, 0) is 55.7 Å². The number of aryl methyl sites for hydroxylation is 1.